The lowest BCUT2D eigenvalue weighted by Crippen LogP contribution is -2.71. The summed E-state index contributed by atoms with van der Waals surface area (Å²) in [5.41, 5.74) is 1.50. The second-order valence-corrected chi connectivity index (χ2v) is 12.5. The van der Waals surface area contributed by atoms with E-state index in [1.165, 1.54) is 32.1 Å². The highest BCUT2D eigenvalue weighted by Gasteiger charge is 2.55. The van der Waals surface area contributed by atoms with Crippen LogP contribution in [0.15, 0.2) is 4.99 Å². The lowest BCUT2D eigenvalue weighted by Gasteiger charge is -2.49. The van der Waals surface area contributed by atoms with Gasteiger partial charge in [-0.1, -0.05) is 12.8 Å². The standard InChI is InChI=1S/C27H49N5O4/c1-32(2)23-18-6-4-5-7-20(18)29-26(31-23)30-22-15-27(22)12-10-17(11-13-27)28-24(33)19-9-8-16(25(34)35)14-21(19)36-3/h16,18-26,29-31,33-35H,4-15H2,1-3H3/t16?,18-,19?,20?,21?,22?,23?,24?,26?,27?/m1/s1. The first-order chi connectivity index (χ1) is 17.3. The normalized spacial score (nSPS) is 44.1. The van der Waals surface area contributed by atoms with Crippen LogP contribution in [-0.2, 0) is 4.74 Å². The molecule has 8 unspecified atom stereocenters. The molecule has 9 nitrogen and oxygen atoms in total. The van der Waals surface area contributed by atoms with Gasteiger partial charge in [0.2, 0.25) is 0 Å². The number of hydrogen-bond acceptors (Lipinski definition) is 9. The Balaban J connectivity index is 1.12. The summed E-state index contributed by atoms with van der Waals surface area (Å²) in [5.74, 6) is 0.409. The van der Waals surface area contributed by atoms with Crippen LogP contribution in [0.2, 0.25) is 0 Å². The Labute approximate surface area is 216 Å². The molecule has 4 aliphatic carbocycles. The number of aliphatic hydroxyl groups excluding tert-OH is 2. The quantitative estimate of drug-likeness (QED) is 0.286. The molecule has 5 rings (SSSR count). The lowest BCUT2D eigenvalue weighted by atomic mass is 9.78. The Morgan fingerprint density at radius 1 is 1.06 bits per heavy atom. The molecule has 5 aliphatic rings. The summed E-state index contributed by atoms with van der Waals surface area (Å²) < 4.78 is 5.60. The molecule has 9 atom stereocenters. The van der Waals surface area contributed by atoms with Gasteiger partial charge < -0.3 is 20.1 Å². The van der Waals surface area contributed by atoms with Gasteiger partial charge in [0.05, 0.1) is 12.3 Å². The van der Waals surface area contributed by atoms with Gasteiger partial charge in [-0.15, -0.1) is 0 Å². The van der Waals surface area contributed by atoms with Crippen molar-refractivity contribution in [3.8, 4) is 0 Å². The fourth-order valence-corrected chi connectivity index (χ4v) is 7.78. The second kappa shape index (κ2) is 11.2. The van der Waals surface area contributed by atoms with Gasteiger partial charge in [0.25, 0.3) is 0 Å². The molecule has 0 aromatic rings. The van der Waals surface area contributed by atoms with Gasteiger partial charge in [0.1, 0.15) is 12.5 Å². The average molecular weight is 508 g/mol. The third-order valence-corrected chi connectivity index (χ3v) is 10.2. The van der Waals surface area contributed by atoms with Crippen LogP contribution in [0.25, 0.3) is 0 Å². The van der Waals surface area contributed by atoms with E-state index in [9.17, 15) is 15.3 Å². The van der Waals surface area contributed by atoms with Crippen molar-refractivity contribution in [1.29, 1.82) is 0 Å². The van der Waals surface area contributed by atoms with Crippen LogP contribution in [0.4, 0.5) is 0 Å². The highest BCUT2D eigenvalue weighted by atomic mass is 16.5. The molecular weight excluding hydrogens is 458 g/mol. The van der Waals surface area contributed by atoms with Gasteiger partial charge in [-0.2, -0.15) is 0 Å². The molecular formula is C27H49N5O4. The van der Waals surface area contributed by atoms with Gasteiger partial charge in [0.15, 0.2) is 6.29 Å². The summed E-state index contributed by atoms with van der Waals surface area (Å²) >= 11 is 0. The van der Waals surface area contributed by atoms with E-state index in [-0.39, 0.29) is 24.2 Å². The Morgan fingerprint density at radius 2 is 1.81 bits per heavy atom. The Bertz CT molecular complexity index is 769. The molecule has 0 radical (unpaired) electrons. The second-order valence-electron chi connectivity index (χ2n) is 12.5. The minimum Gasteiger partial charge on any atom is -0.381 e. The van der Waals surface area contributed by atoms with Gasteiger partial charge in [-0.3, -0.25) is 25.8 Å². The summed E-state index contributed by atoms with van der Waals surface area (Å²) in [6, 6.07) is 1.13. The van der Waals surface area contributed by atoms with Crippen LogP contribution in [0, 0.1) is 23.2 Å². The molecule has 206 valence electrons. The molecule has 0 aromatic carbocycles. The number of methoxy groups -OCH3 is 1. The molecule has 6 N–H and O–H groups in total. The minimum atomic E-state index is -1.32. The van der Waals surface area contributed by atoms with Gasteiger partial charge in [-0.25, -0.2) is 0 Å². The topological polar surface area (TPSA) is 122 Å². The SMILES string of the molecule is COC1CC(C(O)O)CCC1C(O)N=C1CCC2(CC1)CC2NC1NC2CCCC[C@H]2C(N(C)C)N1. The lowest BCUT2D eigenvalue weighted by molar-refractivity contribution is -0.128. The zero-order valence-corrected chi connectivity index (χ0v) is 22.4. The largest absolute Gasteiger partial charge is 0.381 e. The zero-order chi connectivity index (χ0) is 25.4. The van der Waals surface area contributed by atoms with E-state index in [1.807, 2.05) is 0 Å². The molecule has 1 heterocycles. The maximum atomic E-state index is 10.9. The van der Waals surface area contributed by atoms with E-state index in [1.54, 1.807) is 7.11 Å². The zero-order valence-electron chi connectivity index (χ0n) is 22.4. The van der Waals surface area contributed by atoms with E-state index >= 15 is 0 Å². The van der Waals surface area contributed by atoms with Gasteiger partial charge in [0, 0.05) is 42.7 Å². The minimum absolute atomic E-state index is 0.0829. The molecule has 36 heavy (non-hydrogen) atoms. The van der Waals surface area contributed by atoms with Crippen molar-refractivity contribution < 1.29 is 20.1 Å². The maximum Gasteiger partial charge on any atom is 0.154 e. The predicted molar refractivity (Wildman–Crippen MR) is 139 cm³/mol. The number of hydrogen-bond donors (Lipinski definition) is 6. The fourth-order valence-electron chi connectivity index (χ4n) is 7.78. The summed E-state index contributed by atoms with van der Waals surface area (Å²) in [6.45, 7) is 0. The molecule has 4 saturated carbocycles. The van der Waals surface area contributed by atoms with E-state index in [0.717, 1.165) is 31.4 Å². The predicted octanol–water partition coefficient (Wildman–Crippen LogP) is 1.33. The van der Waals surface area contributed by atoms with Crippen LogP contribution < -0.4 is 16.0 Å². The number of aliphatic hydroxyl groups is 3. The van der Waals surface area contributed by atoms with E-state index < -0.39 is 12.5 Å². The molecule has 0 aromatic heterocycles. The molecule has 9 heteroatoms. The number of rotatable bonds is 7. The van der Waals surface area contributed by atoms with Crippen molar-refractivity contribution in [3.05, 3.63) is 0 Å². The van der Waals surface area contributed by atoms with Crippen LogP contribution in [-0.4, -0.2) is 90.3 Å². The maximum absolute atomic E-state index is 10.9. The Morgan fingerprint density at radius 3 is 2.50 bits per heavy atom. The number of aliphatic imine (C=N–C) groups is 1. The molecule has 1 aliphatic heterocycles. The highest BCUT2D eigenvalue weighted by Crippen LogP contribution is 2.56. The van der Waals surface area contributed by atoms with Crippen LogP contribution in [0.3, 0.4) is 0 Å². The third-order valence-electron chi connectivity index (χ3n) is 10.2. The number of nitrogens with one attached hydrogen (secondary N) is 3. The first-order valence-electron chi connectivity index (χ1n) is 14.4. The molecule has 5 fully saturated rings. The molecule has 1 saturated heterocycles. The van der Waals surface area contributed by atoms with Gasteiger partial charge in [-0.05, 0) is 83.7 Å². The molecule has 1 spiro atoms. The smallest absolute Gasteiger partial charge is 0.154 e. The van der Waals surface area contributed by atoms with E-state index in [2.05, 4.69) is 34.9 Å². The summed E-state index contributed by atoms with van der Waals surface area (Å²) in [7, 11) is 6.02. The number of fused-ring (bicyclic) bond motifs is 1. The van der Waals surface area contributed by atoms with E-state index in [0.29, 0.717) is 48.8 Å². The van der Waals surface area contributed by atoms with Crippen LogP contribution in [0.5, 0.6) is 0 Å². The first-order valence-corrected chi connectivity index (χ1v) is 14.4. The van der Waals surface area contributed by atoms with Crippen molar-refractivity contribution >= 4 is 5.71 Å². The Hall–Kier alpha value is -0.650. The Kier molecular flexibility index (Phi) is 8.40. The summed E-state index contributed by atoms with van der Waals surface area (Å²) in [4.78, 5) is 7.10. The summed E-state index contributed by atoms with van der Waals surface area (Å²) in [6.07, 6.45) is 10.9. The fraction of sp³-hybridized carbons (Fsp3) is 0.963. The van der Waals surface area contributed by atoms with Crippen molar-refractivity contribution in [2.45, 2.75) is 120 Å². The molecule has 0 amide bonds. The monoisotopic (exact) mass is 507 g/mol. The van der Waals surface area contributed by atoms with E-state index in [4.69, 9.17) is 9.73 Å². The van der Waals surface area contributed by atoms with Gasteiger partial charge >= 0.3 is 0 Å². The number of ether oxygens (including phenoxy) is 1. The average Bonchev–Trinajstić information content (AvgIpc) is 3.54. The first kappa shape index (κ1) is 26.9. The highest BCUT2D eigenvalue weighted by molar-refractivity contribution is 5.85. The third kappa shape index (κ3) is 5.69. The van der Waals surface area contributed by atoms with Crippen molar-refractivity contribution in [1.82, 2.24) is 20.9 Å². The number of nitrogens with zero attached hydrogens (tertiary/aromatic N) is 2. The van der Waals surface area contributed by atoms with Crippen LogP contribution >= 0.6 is 0 Å². The van der Waals surface area contributed by atoms with Crippen molar-refractivity contribution in [2.75, 3.05) is 21.2 Å². The van der Waals surface area contributed by atoms with Crippen LogP contribution in [0.1, 0.15) is 77.0 Å². The van der Waals surface area contributed by atoms with Crippen molar-refractivity contribution in [3.63, 3.8) is 0 Å². The van der Waals surface area contributed by atoms with Crippen molar-refractivity contribution in [2.24, 2.45) is 28.2 Å². The molecule has 0 bridgehead atoms. The summed E-state index contributed by atoms with van der Waals surface area (Å²) in [5, 5.41) is 41.6.